The van der Waals surface area contributed by atoms with Gasteiger partial charge < -0.3 is 9.64 Å². The van der Waals surface area contributed by atoms with Crippen molar-refractivity contribution in [3.63, 3.8) is 0 Å². The standard InChI is InChI=1S/C13H24N2O3/c1-4-18-13(17)8-12(16)10-15-7-5-6-11(15)9-14(2)3/h11H,4-10H2,1-3H3. The van der Waals surface area contributed by atoms with Crippen molar-refractivity contribution < 1.29 is 14.3 Å². The Morgan fingerprint density at radius 1 is 1.39 bits per heavy atom. The van der Waals surface area contributed by atoms with E-state index in [4.69, 9.17) is 4.74 Å². The maximum atomic E-state index is 11.8. The molecule has 1 fully saturated rings. The molecule has 0 aromatic heterocycles. The number of carbonyl (C=O) groups excluding carboxylic acids is 2. The van der Waals surface area contributed by atoms with Crippen molar-refractivity contribution in [2.45, 2.75) is 32.2 Å². The molecule has 1 aliphatic rings. The van der Waals surface area contributed by atoms with Crippen LogP contribution in [0.15, 0.2) is 0 Å². The Bertz CT molecular complexity index is 292. The summed E-state index contributed by atoms with van der Waals surface area (Å²) in [6.07, 6.45) is 2.16. The first kappa shape index (κ1) is 15.1. The number of Topliss-reactive ketones (excluding diaryl/α,β-unsaturated/α-hetero) is 1. The Kier molecular flexibility index (Phi) is 6.29. The molecule has 1 atom stereocenters. The molecule has 0 N–H and O–H groups in total. The average Bonchev–Trinajstić information content (AvgIpc) is 2.64. The normalized spacial score (nSPS) is 20.3. The van der Waals surface area contributed by atoms with E-state index in [1.807, 2.05) is 14.1 Å². The number of hydrogen-bond donors (Lipinski definition) is 0. The van der Waals surface area contributed by atoms with Gasteiger partial charge in [0, 0.05) is 12.6 Å². The largest absolute Gasteiger partial charge is 0.466 e. The van der Waals surface area contributed by atoms with Crippen LogP contribution in [-0.2, 0) is 14.3 Å². The first-order chi connectivity index (χ1) is 8.52. The summed E-state index contributed by atoms with van der Waals surface area (Å²) in [7, 11) is 4.08. The molecule has 1 rings (SSSR count). The third-order valence-electron chi connectivity index (χ3n) is 3.10. The van der Waals surface area contributed by atoms with Gasteiger partial charge in [-0.3, -0.25) is 14.5 Å². The lowest BCUT2D eigenvalue weighted by Gasteiger charge is -2.26. The van der Waals surface area contributed by atoms with Crippen LogP contribution in [0.3, 0.4) is 0 Å². The molecule has 0 aromatic carbocycles. The molecule has 1 heterocycles. The zero-order chi connectivity index (χ0) is 13.5. The monoisotopic (exact) mass is 256 g/mol. The predicted molar refractivity (Wildman–Crippen MR) is 69.4 cm³/mol. The van der Waals surface area contributed by atoms with Gasteiger partial charge in [0.25, 0.3) is 0 Å². The summed E-state index contributed by atoms with van der Waals surface area (Å²) in [5.74, 6) is -0.454. The van der Waals surface area contributed by atoms with Crippen LogP contribution in [0, 0.1) is 0 Å². The second kappa shape index (κ2) is 7.48. The minimum atomic E-state index is -0.411. The van der Waals surface area contributed by atoms with Gasteiger partial charge in [-0.15, -0.1) is 0 Å². The van der Waals surface area contributed by atoms with Crippen molar-refractivity contribution in [1.82, 2.24) is 9.80 Å². The van der Waals surface area contributed by atoms with Crippen LogP contribution in [0.4, 0.5) is 0 Å². The van der Waals surface area contributed by atoms with Gasteiger partial charge in [-0.2, -0.15) is 0 Å². The molecule has 0 spiro atoms. The zero-order valence-electron chi connectivity index (χ0n) is 11.6. The highest BCUT2D eigenvalue weighted by Crippen LogP contribution is 2.17. The molecule has 0 aromatic rings. The van der Waals surface area contributed by atoms with Crippen molar-refractivity contribution in [2.24, 2.45) is 0 Å². The van der Waals surface area contributed by atoms with Gasteiger partial charge in [-0.05, 0) is 40.4 Å². The molecular formula is C13H24N2O3. The Balaban J connectivity index is 2.36. The van der Waals surface area contributed by atoms with Gasteiger partial charge in [-0.1, -0.05) is 0 Å². The molecule has 1 saturated heterocycles. The molecule has 1 aliphatic heterocycles. The van der Waals surface area contributed by atoms with Crippen molar-refractivity contribution in [1.29, 1.82) is 0 Å². The molecule has 104 valence electrons. The highest BCUT2D eigenvalue weighted by Gasteiger charge is 2.27. The maximum Gasteiger partial charge on any atom is 0.313 e. The van der Waals surface area contributed by atoms with Gasteiger partial charge >= 0.3 is 5.97 Å². The molecule has 5 nitrogen and oxygen atoms in total. The molecule has 0 bridgehead atoms. The SMILES string of the molecule is CCOC(=O)CC(=O)CN1CCCC1CN(C)C. The van der Waals surface area contributed by atoms with Crippen LogP contribution >= 0.6 is 0 Å². The first-order valence-electron chi connectivity index (χ1n) is 6.59. The molecule has 5 heteroatoms. The van der Waals surface area contributed by atoms with Gasteiger partial charge in [0.1, 0.15) is 6.42 Å². The quantitative estimate of drug-likeness (QED) is 0.491. The van der Waals surface area contributed by atoms with Crippen molar-refractivity contribution >= 4 is 11.8 Å². The number of carbonyl (C=O) groups is 2. The fourth-order valence-electron chi connectivity index (χ4n) is 2.39. The van der Waals surface area contributed by atoms with Gasteiger partial charge in [0.2, 0.25) is 0 Å². The smallest absolute Gasteiger partial charge is 0.313 e. The van der Waals surface area contributed by atoms with E-state index >= 15 is 0 Å². The summed E-state index contributed by atoms with van der Waals surface area (Å²) >= 11 is 0. The summed E-state index contributed by atoms with van der Waals surface area (Å²) in [5.41, 5.74) is 0. The fourth-order valence-corrected chi connectivity index (χ4v) is 2.39. The molecule has 0 amide bonds. The van der Waals surface area contributed by atoms with Crippen molar-refractivity contribution in [3.8, 4) is 0 Å². The number of nitrogens with zero attached hydrogens (tertiary/aromatic N) is 2. The molecule has 18 heavy (non-hydrogen) atoms. The lowest BCUT2D eigenvalue weighted by Crippen LogP contribution is -2.40. The number of likely N-dealkylation sites (N-methyl/N-ethyl adjacent to an activating group) is 1. The minimum absolute atomic E-state index is 0.0425. The van der Waals surface area contributed by atoms with E-state index in [0.29, 0.717) is 19.2 Å². The highest BCUT2D eigenvalue weighted by atomic mass is 16.5. The summed E-state index contributed by atoms with van der Waals surface area (Å²) < 4.78 is 4.78. The van der Waals surface area contributed by atoms with E-state index in [-0.39, 0.29) is 12.2 Å². The van der Waals surface area contributed by atoms with E-state index in [0.717, 1.165) is 25.9 Å². The zero-order valence-corrected chi connectivity index (χ0v) is 11.6. The Hall–Kier alpha value is -0.940. The maximum absolute atomic E-state index is 11.8. The van der Waals surface area contributed by atoms with Crippen LogP contribution < -0.4 is 0 Å². The summed E-state index contributed by atoms with van der Waals surface area (Å²) in [4.78, 5) is 27.3. The topological polar surface area (TPSA) is 49.9 Å². The number of rotatable bonds is 7. The number of esters is 1. The minimum Gasteiger partial charge on any atom is -0.466 e. The Labute approximate surface area is 109 Å². The van der Waals surface area contributed by atoms with Crippen LogP contribution in [0.2, 0.25) is 0 Å². The fraction of sp³-hybridized carbons (Fsp3) is 0.846. The molecule has 0 radical (unpaired) electrons. The highest BCUT2D eigenvalue weighted by molar-refractivity contribution is 5.96. The van der Waals surface area contributed by atoms with E-state index in [9.17, 15) is 9.59 Å². The summed E-state index contributed by atoms with van der Waals surface area (Å²) in [6.45, 7) is 4.37. The molecular weight excluding hydrogens is 232 g/mol. The van der Waals surface area contributed by atoms with Gasteiger partial charge in [0.05, 0.1) is 13.2 Å². The molecule has 0 saturated carbocycles. The number of ketones is 1. The number of hydrogen-bond acceptors (Lipinski definition) is 5. The predicted octanol–water partition coefficient (Wildman–Crippen LogP) is 0.535. The van der Waals surface area contributed by atoms with E-state index in [1.165, 1.54) is 0 Å². The van der Waals surface area contributed by atoms with E-state index in [1.54, 1.807) is 6.92 Å². The van der Waals surface area contributed by atoms with Crippen LogP contribution in [0.25, 0.3) is 0 Å². The second-order valence-electron chi connectivity index (χ2n) is 5.05. The molecule has 1 unspecified atom stereocenters. The lowest BCUT2D eigenvalue weighted by molar-refractivity contribution is -0.145. The second-order valence-corrected chi connectivity index (χ2v) is 5.05. The number of ether oxygens (including phenoxy) is 1. The number of likely N-dealkylation sites (tertiary alicyclic amines) is 1. The van der Waals surface area contributed by atoms with Crippen LogP contribution in [-0.4, -0.2) is 67.9 Å². The third-order valence-corrected chi connectivity index (χ3v) is 3.10. The van der Waals surface area contributed by atoms with Crippen LogP contribution in [0.1, 0.15) is 26.2 Å². The molecule has 0 aliphatic carbocycles. The van der Waals surface area contributed by atoms with Crippen LogP contribution in [0.5, 0.6) is 0 Å². The van der Waals surface area contributed by atoms with Crippen molar-refractivity contribution in [2.75, 3.05) is 40.3 Å². The average molecular weight is 256 g/mol. The summed E-state index contributed by atoms with van der Waals surface area (Å²) in [5, 5.41) is 0. The first-order valence-corrected chi connectivity index (χ1v) is 6.59. The Morgan fingerprint density at radius 3 is 2.72 bits per heavy atom. The third kappa shape index (κ3) is 5.14. The van der Waals surface area contributed by atoms with E-state index in [2.05, 4.69) is 9.80 Å². The Morgan fingerprint density at radius 2 is 2.11 bits per heavy atom. The van der Waals surface area contributed by atoms with Gasteiger partial charge in [0.15, 0.2) is 5.78 Å². The van der Waals surface area contributed by atoms with E-state index < -0.39 is 5.97 Å². The summed E-state index contributed by atoms with van der Waals surface area (Å²) in [6, 6.07) is 0.436. The lowest BCUT2D eigenvalue weighted by atomic mass is 10.2. The van der Waals surface area contributed by atoms with Crippen molar-refractivity contribution in [3.05, 3.63) is 0 Å². The van der Waals surface area contributed by atoms with Gasteiger partial charge in [-0.25, -0.2) is 0 Å².